The van der Waals surface area contributed by atoms with Gasteiger partial charge in [0.05, 0.1) is 29.4 Å². The Balaban J connectivity index is 2.11. The van der Waals surface area contributed by atoms with E-state index in [0.29, 0.717) is 28.2 Å². The number of azide groups is 1. The number of nitrogens with zero attached hydrogens (tertiary/aromatic N) is 5. The maximum absolute atomic E-state index is 12.6. The van der Waals surface area contributed by atoms with Crippen molar-refractivity contribution in [3.63, 3.8) is 0 Å². The average molecular weight is 469 g/mol. The summed E-state index contributed by atoms with van der Waals surface area (Å²) in [6, 6.07) is 11.8. The molecule has 0 spiro atoms. The molecular formula is C20H20Cl3N5O2. The molecule has 1 amide bonds. The highest BCUT2D eigenvalue weighted by atomic mass is 35.5. The topological polar surface area (TPSA) is 81.5 Å². The van der Waals surface area contributed by atoms with E-state index in [2.05, 4.69) is 14.9 Å². The van der Waals surface area contributed by atoms with Gasteiger partial charge in [-0.3, -0.25) is 0 Å². The molecule has 1 fully saturated rings. The number of benzene rings is 2. The van der Waals surface area contributed by atoms with Crippen molar-refractivity contribution >= 4 is 46.6 Å². The zero-order valence-electron chi connectivity index (χ0n) is 16.2. The third-order valence-corrected chi connectivity index (χ3v) is 5.74. The van der Waals surface area contributed by atoms with Crippen LogP contribution in [0, 0.1) is 0 Å². The van der Waals surface area contributed by atoms with Gasteiger partial charge in [-0.1, -0.05) is 52.0 Å². The summed E-state index contributed by atoms with van der Waals surface area (Å²) in [4.78, 5) is 19.2. The predicted molar refractivity (Wildman–Crippen MR) is 120 cm³/mol. The van der Waals surface area contributed by atoms with E-state index in [9.17, 15) is 4.79 Å². The van der Waals surface area contributed by atoms with E-state index in [-0.39, 0.29) is 19.2 Å². The van der Waals surface area contributed by atoms with Crippen molar-refractivity contribution in [1.29, 1.82) is 0 Å². The third kappa shape index (κ3) is 4.87. The van der Waals surface area contributed by atoms with Crippen molar-refractivity contribution in [3.8, 4) is 0 Å². The monoisotopic (exact) mass is 467 g/mol. The van der Waals surface area contributed by atoms with E-state index in [1.807, 2.05) is 18.2 Å². The molecule has 0 radical (unpaired) electrons. The van der Waals surface area contributed by atoms with Crippen molar-refractivity contribution in [2.45, 2.75) is 19.0 Å². The van der Waals surface area contributed by atoms with E-state index < -0.39 is 12.1 Å². The van der Waals surface area contributed by atoms with Gasteiger partial charge in [-0.15, -0.1) is 0 Å². The van der Waals surface area contributed by atoms with E-state index in [1.165, 1.54) is 0 Å². The van der Waals surface area contributed by atoms with Gasteiger partial charge in [0, 0.05) is 34.6 Å². The Morgan fingerprint density at radius 3 is 2.50 bits per heavy atom. The number of carbonyl (C=O) groups excluding carboxylic acids is 1. The summed E-state index contributed by atoms with van der Waals surface area (Å²) in [6.45, 7) is 2.96. The Morgan fingerprint density at radius 1 is 1.17 bits per heavy atom. The van der Waals surface area contributed by atoms with Gasteiger partial charge in [0.1, 0.15) is 0 Å². The highest BCUT2D eigenvalue weighted by molar-refractivity contribution is 6.36. The van der Waals surface area contributed by atoms with Gasteiger partial charge < -0.3 is 14.5 Å². The smallest absolute Gasteiger partial charge is 0.410 e. The summed E-state index contributed by atoms with van der Waals surface area (Å²) in [5, 5.41) is 5.39. The van der Waals surface area contributed by atoms with Gasteiger partial charge in [0.2, 0.25) is 0 Å². The lowest BCUT2D eigenvalue weighted by molar-refractivity contribution is 0.0763. The summed E-state index contributed by atoms with van der Waals surface area (Å²) in [7, 11) is 0. The summed E-state index contributed by atoms with van der Waals surface area (Å²) in [6.07, 6.45) is -0.448. The van der Waals surface area contributed by atoms with Gasteiger partial charge >= 0.3 is 6.09 Å². The molecule has 2 atom stereocenters. The number of piperazine rings is 1. The standard InChI is InChI=1S/C20H20Cl3N5O2/c1-2-30-20(29)28-10-9-27(17-8-7-15(22)11-16(17)23)19(18(28)12-25-26-24)13-3-5-14(21)6-4-13/h3-8,11,18-19H,2,9-10,12H2,1H3/t18-,19+/m1/s1. The maximum atomic E-state index is 12.6. The van der Waals surface area contributed by atoms with E-state index in [0.717, 1.165) is 11.3 Å². The molecule has 2 aromatic rings. The molecule has 1 saturated heterocycles. The highest BCUT2D eigenvalue weighted by Gasteiger charge is 2.40. The summed E-state index contributed by atoms with van der Waals surface area (Å²) in [5.74, 6) is 0. The lowest BCUT2D eigenvalue weighted by Gasteiger charge is -2.48. The molecule has 30 heavy (non-hydrogen) atoms. The number of hydrogen-bond acceptors (Lipinski definition) is 4. The molecule has 1 aliphatic heterocycles. The van der Waals surface area contributed by atoms with Crippen LogP contribution in [-0.2, 0) is 4.74 Å². The molecule has 7 nitrogen and oxygen atoms in total. The van der Waals surface area contributed by atoms with Crippen LogP contribution in [0.1, 0.15) is 18.5 Å². The SMILES string of the molecule is CCOC(=O)N1CCN(c2ccc(Cl)cc2Cl)[C@@H](c2ccc(Cl)cc2)[C@H]1CN=[N+]=[N-]. The molecule has 1 aliphatic rings. The molecule has 0 aromatic heterocycles. The summed E-state index contributed by atoms with van der Waals surface area (Å²) in [5.41, 5.74) is 10.6. The number of amides is 1. The minimum Gasteiger partial charge on any atom is -0.450 e. The predicted octanol–water partition coefficient (Wildman–Crippen LogP) is 6.35. The molecule has 10 heteroatoms. The molecule has 0 N–H and O–H groups in total. The third-order valence-electron chi connectivity index (χ3n) is 4.95. The van der Waals surface area contributed by atoms with Crippen LogP contribution in [0.15, 0.2) is 47.6 Å². The van der Waals surface area contributed by atoms with Crippen molar-refractivity contribution in [3.05, 3.63) is 73.5 Å². The normalized spacial score (nSPS) is 18.7. The largest absolute Gasteiger partial charge is 0.450 e. The number of hydrogen-bond donors (Lipinski definition) is 0. The van der Waals surface area contributed by atoms with Gasteiger partial charge in [0.15, 0.2) is 0 Å². The first-order chi connectivity index (χ1) is 14.5. The van der Waals surface area contributed by atoms with Crippen LogP contribution < -0.4 is 4.90 Å². The van der Waals surface area contributed by atoms with Crippen LogP contribution in [0.3, 0.4) is 0 Å². The number of halogens is 3. The molecule has 0 saturated carbocycles. The van der Waals surface area contributed by atoms with Crippen LogP contribution in [0.25, 0.3) is 10.4 Å². The number of anilines is 1. The second kappa shape index (κ2) is 10.1. The summed E-state index contributed by atoms with van der Waals surface area (Å²) < 4.78 is 5.24. The fourth-order valence-corrected chi connectivity index (χ4v) is 4.34. The minimum atomic E-state index is -0.471. The fourth-order valence-electron chi connectivity index (χ4n) is 3.70. The Hall–Kier alpha value is -2.31. The molecule has 3 rings (SSSR count). The first-order valence-electron chi connectivity index (χ1n) is 9.37. The lowest BCUT2D eigenvalue weighted by Crippen LogP contribution is -2.58. The minimum absolute atomic E-state index is 0.0737. The summed E-state index contributed by atoms with van der Waals surface area (Å²) >= 11 is 18.7. The van der Waals surface area contributed by atoms with Crippen LogP contribution >= 0.6 is 34.8 Å². The van der Waals surface area contributed by atoms with Gasteiger partial charge in [0.25, 0.3) is 0 Å². The number of rotatable bonds is 5. The Kier molecular flexibility index (Phi) is 7.56. The molecule has 2 aromatic carbocycles. The maximum Gasteiger partial charge on any atom is 0.410 e. The van der Waals surface area contributed by atoms with Crippen LogP contribution in [0.2, 0.25) is 15.1 Å². The van der Waals surface area contributed by atoms with Crippen LogP contribution in [0.5, 0.6) is 0 Å². The molecule has 0 bridgehead atoms. The Morgan fingerprint density at radius 2 is 1.87 bits per heavy atom. The zero-order chi connectivity index (χ0) is 21.7. The van der Waals surface area contributed by atoms with E-state index in [1.54, 1.807) is 36.1 Å². The zero-order valence-corrected chi connectivity index (χ0v) is 18.5. The van der Waals surface area contributed by atoms with E-state index in [4.69, 9.17) is 45.1 Å². The molecule has 0 aliphatic carbocycles. The number of ether oxygens (including phenoxy) is 1. The first-order valence-corrected chi connectivity index (χ1v) is 10.5. The van der Waals surface area contributed by atoms with Gasteiger partial charge in [-0.05, 0) is 48.4 Å². The fraction of sp³-hybridized carbons (Fsp3) is 0.350. The Bertz CT molecular complexity index is 950. The lowest BCUT2D eigenvalue weighted by atomic mass is 9.93. The quantitative estimate of drug-likeness (QED) is 0.291. The highest BCUT2D eigenvalue weighted by Crippen LogP contribution is 2.40. The molecule has 158 valence electrons. The second-order valence-corrected chi connectivity index (χ2v) is 7.94. The van der Waals surface area contributed by atoms with Crippen molar-refractivity contribution in [2.75, 3.05) is 31.1 Å². The van der Waals surface area contributed by atoms with Crippen LogP contribution in [0.4, 0.5) is 10.5 Å². The van der Waals surface area contributed by atoms with Crippen molar-refractivity contribution in [1.82, 2.24) is 4.90 Å². The van der Waals surface area contributed by atoms with E-state index >= 15 is 0 Å². The first kappa shape index (κ1) is 22.4. The second-order valence-electron chi connectivity index (χ2n) is 6.66. The van der Waals surface area contributed by atoms with Crippen LogP contribution in [-0.4, -0.2) is 43.3 Å². The van der Waals surface area contributed by atoms with Crippen molar-refractivity contribution < 1.29 is 9.53 Å². The molecule has 1 heterocycles. The van der Waals surface area contributed by atoms with Gasteiger partial charge in [-0.25, -0.2) is 4.79 Å². The average Bonchev–Trinajstić information content (AvgIpc) is 2.72. The van der Waals surface area contributed by atoms with Crippen molar-refractivity contribution in [2.24, 2.45) is 5.11 Å². The molecule has 0 unspecified atom stereocenters. The molecular weight excluding hydrogens is 449 g/mol. The van der Waals surface area contributed by atoms with Gasteiger partial charge in [-0.2, -0.15) is 0 Å². The Labute approximate surface area is 189 Å². The number of carbonyl (C=O) groups is 1.